The van der Waals surface area contributed by atoms with Gasteiger partial charge in [-0.15, -0.1) is 0 Å². The van der Waals surface area contributed by atoms with Gasteiger partial charge in [0, 0.05) is 18.4 Å². The van der Waals surface area contributed by atoms with E-state index in [0.717, 1.165) is 13.1 Å². The molecule has 0 radical (unpaired) electrons. The number of ketones is 1. The lowest BCUT2D eigenvalue weighted by Gasteiger charge is -2.33. The van der Waals surface area contributed by atoms with Crippen molar-refractivity contribution in [3.05, 3.63) is 29.7 Å². The standard InChI is InChI=1S/C30H38F5N5O6/c1-26(2,3)45-24(43)38-21(16-8-10-29(31,32)11-9-16)18-15-39-20(37-18)12-17(14-36-39)22(41)28(7)13-19(30(33,34)35)40(23(28)42)25(44)46-27(4,5)6/h12,14-16,19,21H,8-11,13H2,1-7H3,(H,38,43)/t19-,21-,28+/m0/s1. The van der Waals surface area contributed by atoms with Crippen molar-refractivity contribution >= 4 is 29.5 Å². The first-order chi connectivity index (χ1) is 20.9. The first kappa shape index (κ1) is 35.0. The van der Waals surface area contributed by atoms with Crippen molar-refractivity contribution in [1.29, 1.82) is 0 Å². The van der Waals surface area contributed by atoms with Crippen LogP contribution in [0, 0.1) is 11.3 Å². The predicted octanol–water partition coefficient (Wildman–Crippen LogP) is 6.41. The number of carbonyl (C=O) groups is 4. The Morgan fingerprint density at radius 2 is 1.61 bits per heavy atom. The number of Topliss-reactive ketones (excluding diaryl/α,β-unsaturated/α-hetero) is 1. The Balaban J connectivity index is 1.66. The van der Waals surface area contributed by atoms with Crippen molar-refractivity contribution in [1.82, 2.24) is 24.8 Å². The summed E-state index contributed by atoms with van der Waals surface area (Å²) in [6, 6.07) is -2.24. The molecule has 0 bridgehead atoms. The van der Waals surface area contributed by atoms with Gasteiger partial charge in [-0.3, -0.25) is 9.59 Å². The van der Waals surface area contributed by atoms with Gasteiger partial charge in [-0.25, -0.2) is 32.8 Å². The van der Waals surface area contributed by atoms with E-state index in [4.69, 9.17) is 9.47 Å². The number of imide groups is 1. The highest BCUT2D eigenvalue weighted by atomic mass is 19.4. The molecule has 1 N–H and O–H groups in total. The first-order valence-electron chi connectivity index (χ1n) is 14.8. The summed E-state index contributed by atoms with van der Waals surface area (Å²) in [5.41, 5.74) is -4.32. The summed E-state index contributed by atoms with van der Waals surface area (Å²) in [5.74, 6) is -5.66. The topological polar surface area (TPSA) is 132 Å². The maximum Gasteiger partial charge on any atom is 0.417 e. The van der Waals surface area contributed by atoms with Crippen LogP contribution in [0.4, 0.5) is 31.5 Å². The summed E-state index contributed by atoms with van der Waals surface area (Å²) >= 11 is 0. The quantitative estimate of drug-likeness (QED) is 0.221. The molecule has 11 nitrogen and oxygen atoms in total. The van der Waals surface area contributed by atoms with Crippen LogP contribution in [0.15, 0.2) is 18.5 Å². The van der Waals surface area contributed by atoms with Crippen molar-refractivity contribution < 1.29 is 50.6 Å². The van der Waals surface area contributed by atoms with Crippen LogP contribution in [0.2, 0.25) is 0 Å². The molecule has 4 rings (SSSR count). The average Bonchev–Trinajstić information content (AvgIpc) is 3.43. The number of amides is 3. The summed E-state index contributed by atoms with van der Waals surface area (Å²) in [4.78, 5) is 56.9. The third-order valence-electron chi connectivity index (χ3n) is 7.90. The SMILES string of the molecule is CC(C)(C)OC(=O)N[C@H](c1cn2ncc(C(=O)[C@@]3(C)C[C@@H](C(F)(F)F)N(C(=O)OC(C)(C)C)C3=O)cc2n1)C1CCC(F)(F)CC1. The summed E-state index contributed by atoms with van der Waals surface area (Å²) in [6.07, 6.45) is -6.53. The van der Waals surface area contributed by atoms with E-state index in [0.29, 0.717) is 0 Å². The number of nitrogens with zero attached hydrogens (tertiary/aromatic N) is 4. The van der Waals surface area contributed by atoms with Crippen LogP contribution in [-0.2, 0) is 14.3 Å². The van der Waals surface area contributed by atoms with Crippen molar-refractivity contribution in [3.63, 3.8) is 0 Å². The Morgan fingerprint density at radius 1 is 1.02 bits per heavy atom. The molecule has 3 atom stereocenters. The number of alkyl halides is 5. The maximum absolute atomic E-state index is 14.0. The molecule has 0 spiro atoms. The molecule has 2 fully saturated rings. The highest BCUT2D eigenvalue weighted by Gasteiger charge is 2.63. The van der Waals surface area contributed by atoms with E-state index in [9.17, 15) is 41.1 Å². The van der Waals surface area contributed by atoms with Gasteiger partial charge in [0.1, 0.15) is 22.7 Å². The number of aromatic nitrogens is 3. The Morgan fingerprint density at radius 3 is 2.15 bits per heavy atom. The zero-order valence-electron chi connectivity index (χ0n) is 26.6. The van der Waals surface area contributed by atoms with E-state index in [-0.39, 0.29) is 47.5 Å². The highest BCUT2D eigenvalue weighted by Crippen LogP contribution is 2.46. The molecular weight excluding hydrogens is 621 g/mol. The molecule has 2 aromatic heterocycles. The molecule has 1 aliphatic carbocycles. The van der Waals surface area contributed by atoms with Crippen molar-refractivity contribution in [2.75, 3.05) is 0 Å². The van der Waals surface area contributed by atoms with E-state index in [1.54, 1.807) is 20.8 Å². The fourth-order valence-electron chi connectivity index (χ4n) is 5.70. The van der Waals surface area contributed by atoms with Crippen LogP contribution < -0.4 is 5.32 Å². The Hall–Kier alpha value is -3.85. The smallest absolute Gasteiger partial charge is 0.417 e. The third-order valence-corrected chi connectivity index (χ3v) is 7.90. The predicted molar refractivity (Wildman–Crippen MR) is 152 cm³/mol. The van der Waals surface area contributed by atoms with Crippen molar-refractivity contribution in [2.45, 2.75) is 116 Å². The number of hydrogen-bond acceptors (Lipinski definition) is 8. The van der Waals surface area contributed by atoms with E-state index in [1.165, 1.54) is 37.5 Å². The largest absolute Gasteiger partial charge is 0.444 e. The average molecular weight is 660 g/mol. The summed E-state index contributed by atoms with van der Waals surface area (Å²) in [6.45, 7) is 10.3. The monoisotopic (exact) mass is 659 g/mol. The molecule has 0 unspecified atom stereocenters. The molecule has 1 saturated carbocycles. The van der Waals surface area contributed by atoms with Gasteiger partial charge in [-0.05, 0) is 79.7 Å². The number of hydrogen-bond donors (Lipinski definition) is 1. The van der Waals surface area contributed by atoms with Gasteiger partial charge in [-0.2, -0.15) is 18.3 Å². The van der Waals surface area contributed by atoms with Crippen LogP contribution in [0.1, 0.15) is 103 Å². The van der Waals surface area contributed by atoms with Gasteiger partial charge in [0.15, 0.2) is 11.4 Å². The van der Waals surface area contributed by atoms with Gasteiger partial charge in [0.25, 0.3) is 0 Å². The number of imidazole rings is 1. The van der Waals surface area contributed by atoms with Crippen LogP contribution >= 0.6 is 0 Å². The van der Waals surface area contributed by atoms with Crippen LogP contribution in [0.5, 0.6) is 0 Å². The number of halogens is 5. The van der Waals surface area contributed by atoms with Crippen molar-refractivity contribution in [2.24, 2.45) is 11.3 Å². The molecule has 1 aliphatic heterocycles. The molecule has 2 aliphatic rings. The lowest BCUT2D eigenvalue weighted by molar-refractivity contribution is -0.177. The molecule has 46 heavy (non-hydrogen) atoms. The molecule has 0 aromatic carbocycles. The summed E-state index contributed by atoms with van der Waals surface area (Å²) < 4.78 is 81.6. The van der Waals surface area contributed by atoms with Gasteiger partial charge in [0.05, 0.1) is 24.1 Å². The zero-order chi connectivity index (χ0) is 34.6. The maximum atomic E-state index is 14.0. The van der Waals surface area contributed by atoms with E-state index in [2.05, 4.69) is 15.4 Å². The highest BCUT2D eigenvalue weighted by molar-refractivity contribution is 6.17. The Kier molecular flexibility index (Phi) is 8.94. The minimum absolute atomic E-state index is 0.0448. The minimum Gasteiger partial charge on any atom is -0.444 e. The normalized spacial score (nSPS) is 23.3. The summed E-state index contributed by atoms with van der Waals surface area (Å²) in [5, 5.41) is 6.86. The fourth-order valence-corrected chi connectivity index (χ4v) is 5.70. The lowest BCUT2D eigenvalue weighted by atomic mass is 9.80. The van der Waals surface area contributed by atoms with Gasteiger partial charge in [-0.1, -0.05) is 0 Å². The minimum atomic E-state index is -5.04. The van der Waals surface area contributed by atoms with E-state index >= 15 is 0 Å². The number of nitrogens with one attached hydrogen (secondary N) is 1. The zero-order valence-corrected chi connectivity index (χ0v) is 26.6. The molecule has 254 valence electrons. The first-order valence-corrected chi connectivity index (χ1v) is 14.8. The van der Waals surface area contributed by atoms with E-state index in [1.807, 2.05) is 0 Å². The second kappa shape index (κ2) is 11.7. The Labute approximate surface area is 262 Å². The Bertz CT molecular complexity index is 1520. The van der Waals surface area contributed by atoms with Crippen LogP contribution in [-0.4, -0.2) is 72.7 Å². The van der Waals surface area contributed by atoms with Crippen LogP contribution in [0.3, 0.4) is 0 Å². The van der Waals surface area contributed by atoms with Gasteiger partial charge in [0.2, 0.25) is 11.8 Å². The van der Waals surface area contributed by atoms with Crippen LogP contribution in [0.25, 0.3) is 5.65 Å². The number of alkyl carbamates (subject to hydrolysis) is 1. The second-order valence-corrected chi connectivity index (χ2v) is 14.1. The molecule has 16 heteroatoms. The number of carbonyl (C=O) groups excluding carboxylic acids is 4. The third kappa shape index (κ3) is 7.57. The summed E-state index contributed by atoms with van der Waals surface area (Å²) in [7, 11) is 0. The molecule has 2 aromatic rings. The van der Waals surface area contributed by atoms with E-state index < -0.39 is 77.0 Å². The number of likely N-dealkylation sites (tertiary alicyclic amines) is 1. The molecular formula is C30H38F5N5O6. The molecule has 3 amide bonds. The van der Waals surface area contributed by atoms with Gasteiger partial charge < -0.3 is 14.8 Å². The lowest BCUT2D eigenvalue weighted by Crippen LogP contribution is -2.49. The molecule has 1 saturated heterocycles. The van der Waals surface area contributed by atoms with Gasteiger partial charge >= 0.3 is 18.4 Å². The number of fused-ring (bicyclic) bond motifs is 1. The second-order valence-electron chi connectivity index (χ2n) is 14.1. The van der Waals surface area contributed by atoms with Crippen molar-refractivity contribution in [3.8, 4) is 0 Å². The fraction of sp³-hybridized carbons (Fsp3) is 0.667. The number of ether oxygens (including phenoxy) is 2. The number of rotatable bonds is 5. The molecule has 3 heterocycles.